The lowest BCUT2D eigenvalue weighted by molar-refractivity contribution is -0.887. The number of nitrogens with zero attached hydrogens (tertiary/aromatic N) is 1. The molecule has 0 saturated carbocycles. The third kappa shape index (κ3) is 35.0. The normalized spacial score (nSPS) is 13.4. The van der Waals surface area contributed by atoms with Gasteiger partial charge < -0.3 is 23.8 Å². The number of quaternary nitrogens is 1. The topological polar surface area (TPSA) is 99.1 Å². The number of ether oxygens (including phenoxy) is 3. The van der Waals surface area contributed by atoms with E-state index in [1.54, 1.807) is 0 Å². The number of carbonyl (C=O) groups excluding carboxylic acids is 2. The van der Waals surface area contributed by atoms with E-state index in [4.69, 9.17) is 14.2 Å². The molecule has 0 aromatic heterocycles. The Morgan fingerprint density at radius 2 is 1.04 bits per heavy atom. The largest absolute Gasteiger partial charge is 0.477 e. The van der Waals surface area contributed by atoms with Crippen molar-refractivity contribution in [3.05, 3.63) is 48.6 Å². The highest BCUT2D eigenvalue weighted by Gasteiger charge is 2.31. The number of allylic oxidation sites excluding steroid dienone is 8. The monoisotopic (exact) mass is 761 g/mol. The third-order valence-corrected chi connectivity index (χ3v) is 9.49. The van der Waals surface area contributed by atoms with Gasteiger partial charge in [-0.25, -0.2) is 4.79 Å². The first-order chi connectivity index (χ1) is 26.1. The SMILES string of the molecule is CC/C=C/C/C=C/C/C=C/C/C=C/CCCCCCCCCCCC(=O)OCC(COCCC(C(=O)O)[N+](C)(C)C)OC(=O)CCCCCCCCCC. The number of carboxylic acids is 1. The number of rotatable bonds is 38. The van der Waals surface area contributed by atoms with Gasteiger partial charge in [-0.05, 0) is 51.4 Å². The maximum Gasteiger partial charge on any atom is 0.362 e. The average molecular weight is 761 g/mol. The summed E-state index contributed by atoms with van der Waals surface area (Å²) in [4.78, 5) is 36.8. The van der Waals surface area contributed by atoms with Gasteiger partial charge in [-0.3, -0.25) is 9.59 Å². The predicted molar refractivity (Wildman–Crippen MR) is 224 cm³/mol. The highest BCUT2D eigenvalue weighted by molar-refractivity contribution is 5.72. The number of likely N-dealkylation sites (N-methyl/N-ethyl adjacent to an activating group) is 1. The number of carbonyl (C=O) groups is 3. The molecule has 0 spiro atoms. The Labute approximate surface area is 331 Å². The van der Waals surface area contributed by atoms with Crippen LogP contribution in [-0.4, -0.2) is 80.6 Å². The fraction of sp³-hybridized carbons (Fsp3) is 0.761. The quantitative estimate of drug-likeness (QED) is 0.0289. The molecule has 8 nitrogen and oxygen atoms in total. The van der Waals surface area contributed by atoms with Gasteiger partial charge in [0.05, 0.1) is 34.4 Å². The Bertz CT molecular complexity index is 1030. The van der Waals surface area contributed by atoms with Gasteiger partial charge in [0, 0.05) is 19.3 Å². The Morgan fingerprint density at radius 3 is 1.54 bits per heavy atom. The van der Waals surface area contributed by atoms with Crippen LogP contribution in [0.4, 0.5) is 0 Å². The average Bonchev–Trinajstić information content (AvgIpc) is 3.12. The minimum absolute atomic E-state index is 0.0536. The van der Waals surface area contributed by atoms with E-state index in [0.29, 0.717) is 19.3 Å². The van der Waals surface area contributed by atoms with E-state index in [-0.39, 0.29) is 36.2 Å². The smallest absolute Gasteiger partial charge is 0.362 e. The van der Waals surface area contributed by atoms with Crippen molar-refractivity contribution in [3.8, 4) is 0 Å². The molecule has 0 fully saturated rings. The van der Waals surface area contributed by atoms with Crippen LogP contribution < -0.4 is 0 Å². The molecule has 1 N–H and O–H groups in total. The van der Waals surface area contributed by atoms with Crippen LogP contribution >= 0.6 is 0 Å². The molecule has 0 aliphatic heterocycles. The minimum Gasteiger partial charge on any atom is -0.477 e. The molecule has 0 radical (unpaired) electrons. The molecular weight excluding hydrogens is 679 g/mol. The number of hydrogen-bond acceptors (Lipinski definition) is 6. The second-order valence-corrected chi connectivity index (χ2v) is 15.6. The van der Waals surface area contributed by atoms with E-state index < -0.39 is 18.1 Å². The van der Waals surface area contributed by atoms with E-state index in [1.165, 1.54) is 70.6 Å². The molecule has 2 unspecified atom stereocenters. The molecule has 0 saturated heterocycles. The van der Waals surface area contributed by atoms with Crippen LogP contribution in [0.5, 0.6) is 0 Å². The Balaban J connectivity index is 4.19. The zero-order valence-corrected chi connectivity index (χ0v) is 35.4. The summed E-state index contributed by atoms with van der Waals surface area (Å²) in [7, 11) is 5.52. The van der Waals surface area contributed by atoms with E-state index in [9.17, 15) is 19.5 Å². The lowest BCUT2D eigenvalue weighted by Crippen LogP contribution is -2.50. The number of unbranched alkanes of at least 4 members (excludes halogenated alkanes) is 16. The van der Waals surface area contributed by atoms with Crippen molar-refractivity contribution in [1.29, 1.82) is 0 Å². The molecule has 0 bridgehead atoms. The molecule has 8 heteroatoms. The van der Waals surface area contributed by atoms with Gasteiger partial charge in [0.15, 0.2) is 12.1 Å². The zero-order chi connectivity index (χ0) is 40.0. The highest BCUT2D eigenvalue weighted by atomic mass is 16.6. The van der Waals surface area contributed by atoms with Crippen molar-refractivity contribution in [3.63, 3.8) is 0 Å². The summed E-state index contributed by atoms with van der Waals surface area (Å²) in [6, 6.07) is -0.613. The molecule has 0 aromatic carbocycles. The second kappa shape index (κ2) is 37.2. The fourth-order valence-corrected chi connectivity index (χ4v) is 6.14. The molecule has 0 amide bonds. The van der Waals surface area contributed by atoms with Crippen molar-refractivity contribution < 1.29 is 38.2 Å². The van der Waals surface area contributed by atoms with Gasteiger partial charge >= 0.3 is 17.9 Å². The maximum atomic E-state index is 12.6. The summed E-state index contributed by atoms with van der Waals surface area (Å²) >= 11 is 0. The van der Waals surface area contributed by atoms with Crippen LogP contribution in [0, 0.1) is 0 Å². The van der Waals surface area contributed by atoms with E-state index in [1.807, 2.05) is 21.1 Å². The highest BCUT2D eigenvalue weighted by Crippen LogP contribution is 2.14. The molecule has 2 atom stereocenters. The summed E-state index contributed by atoms with van der Waals surface area (Å²) in [5, 5.41) is 9.59. The minimum atomic E-state index is -0.877. The number of carboxylic acid groups (broad SMARTS) is 1. The van der Waals surface area contributed by atoms with Crippen LogP contribution in [0.1, 0.15) is 174 Å². The number of aliphatic carboxylic acids is 1. The van der Waals surface area contributed by atoms with Crippen molar-refractivity contribution in [2.45, 2.75) is 187 Å². The van der Waals surface area contributed by atoms with Gasteiger partial charge in [-0.1, -0.05) is 152 Å². The standard InChI is InChI=1S/C46H81NO7/c1-6-8-10-12-14-16-17-18-19-20-21-22-23-24-25-26-27-28-29-31-32-34-36-44(48)53-41-42(40-52-39-38-43(46(50)51)47(3,4)5)54-45(49)37-35-33-30-15-13-11-9-7-2/h8,10,14,16,18-19,21-22,42-43H,6-7,9,11-13,15,17,20,23-41H2,1-5H3/p+1/b10-8+,16-14+,19-18+,22-21+. The first-order valence-electron chi connectivity index (χ1n) is 21.7. The van der Waals surface area contributed by atoms with Crippen molar-refractivity contribution >= 4 is 17.9 Å². The molecule has 0 aliphatic rings. The van der Waals surface area contributed by atoms with Crippen molar-refractivity contribution in [1.82, 2.24) is 0 Å². The molecule has 0 rings (SSSR count). The fourth-order valence-electron chi connectivity index (χ4n) is 6.14. The molecule has 312 valence electrons. The first-order valence-corrected chi connectivity index (χ1v) is 21.7. The zero-order valence-electron chi connectivity index (χ0n) is 35.4. The molecule has 54 heavy (non-hydrogen) atoms. The number of hydrogen-bond donors (Lipinski definition) is 1. The molecular formula is C46H82NO7+. The molecule has 0 aliphatic carbocycles. The second-order valence-electron chi connectivity index (χ2n) is 15.6. The van der Waals surface area contributed by atoms with Crippen molar-refractivity contribution in [2.24, 2.45) is 0 Å². The van der Waals surface area contributed by atoms with Crippen LogP contribution in [0.15, 0.2) is 48.6 Å². The summed E-state index contributed by atoms with van der Waals surface area (Å²) < 4.78 is 17.2. The summed E-state index contributed by atoms with van der Waals surface area (Å²) in [5.41, 5.74) is 0. The van der Waals surface area contributed by atoms with Gasteiger partial charge in [0.1, 0.15) is 6.61 Å². The van der Waals surface area contributed by atoms with Crippen LogP contribution in [0.3, 0.4) is 0 Å². The first kappa shape index (κ1) is 51.3. The van der Waals surface area contributed by atoms with Crippen LogP contribution in [0.2, 0.25) is 0 Å². The lowest BCUT2D eigenvalue weighted by Gasteiger charge is -2.31. The number of esters is 2. The summed E-state index contributed by atoms with van der Waals surface area (Å²) in [6.45, 7) is 4.58. The lowest BCUT2D eigenvalue weighted by atomic mass is 10.1. The Kier molecular flexibility index (Phi) is 35.4. The van der Waals surface area contributed by atoms with E-state index in [2.05, 4.69) is 62.5 Å². The van der Waals surface area contributed by atoms with E-state index >= 15 is 0 Å². The Morgan fingerprint density at radius 1 is 0.574 bits per heavy atom. The van der Waals surface area contributed by atoms with E-state index in [0.717, 1.165) is 70.6 Å². The van der Waals surface area contributed by atoms with Gasteiger partial charge in [-0.15, -0.1) is 0 Å². The maximum absolute atomic E-state index is 12.6. The van der Waals surface area contributed by atoms with Crippen LogP contribution in [0.25, 0.3) is 0 Å². The summed E-state index contributed by atoms with van der Waals surface area (Å²) in [6.07, 6.45) is 43.1. The predicted octanol–water partition coefficient (Wildman–Crippen LogP) is 11.6. The van der Waals surface area contributed by atoms with Crippen molar-refractivity contribution in [2.75, 3.05) is 41.0 Å². The van der Waals surface area contributed by atoms with Gasteiger partial charge in [0.2, 0.25) is 0 Å². The molecule has 0 aromatic rings. The van der Waals surface area contributed by atoms with Gasteiger partial charge in [0.25, 0.3) is 0 Å². The van der Waals surface area contributed by atoms with Gasteiger partial charge in [-0.2, -0.15) is 0 Å². The molecule has 0 heterocycles. The summed E-state index contributed by atoms with van der Waals surface area (Å²) in [5.74, 6) is -1.48. The third-order valence-electron chi connectivity index (χ3n) is 9.49. The van der Waals surface area contributed by atoms with Crippen LogP contribution in [-0.2, 0) is 28.6 Å². The Hall–Kier alpha value is -2.71.